The largest absolute Gasteiger partial charge is 0.401 e. The van der Waals surface area contributed by atoms with Crippen LogP contribution in [0.4, 0.5) is 13.2 Å². The molecule has 1 saturated heterocycles. The molecular weight excluding hydrogens is 323 g/mol. The molecule has 9 heteroatoms. The minimum Gasteiger partial charge on any atom is -0.336 e. The van der Waals surface area contributed by atoms with E-state index in [0.717, 1.165) is 5.69 Å². The van der Waals surface area contributed by atoms with Gasteiger partial charge in [-0.2, -0.15) is 13.2 Å². The Morgan fingerprint density at radius 1 is 1.00 bits per heavy atom. The Bertz CT molecular complexity index is 676. The number of amides is 1. The summed E-state index contributed by atoms with van der Waals surface area (Å²) >= 11 is 0. The van der Waals surface area contributed by atoms with E-state index in [1.165, 1.54) is 4.90 Å². The smallest absolute Gasteiger partial charge is 0.336 e. The Balaban J connectivity index is 1.59. The van der Waals surface area contributed by atoms with Crippen LogP contribution in [0.25, 0.3) is 5.69 Å². The lowest BCUT2D eigenvalue weighted by Crippen LogP contribution is -2.50. The number of aromatic nitrogens is 3. The van der Waals surface area contributed by atoms with E-state index >= 15 is 0 Å². The molecule has 3 rings (SSSR count). The van der Waals surface area contributed by atoms with Crippen molar-refractivity contribution in [1.82, 2.24) is 24.6 Å². The van der Waals surface area contributed by atoms with Gasteiger partial charge in [0.2, 0.25) is 0 Å². The minimum atomic E-state index is -4.20. The van der Waals surface area contributed by atoms with Gasteiger partial charge in [-0.25, -0.2) is 0 Å². The molecule has 0 atom stereocenters. The van der Waals surface area contributed by atoms with Crippen LogP contribution in [0.1, 0.15) is 10.4 Å². The Morgan fingerprint density at radius 2 is 1.58 bits per heavy atom. The highest BCUT2D eigenvalue weighted by Gasteiger charge is 2.32. The maximum absolute atomic E-state index is 12.4. The fraction of sp³-hybridized carbons (Fsp3) is 0.400. The van der Waals surface area contributed by atoms with Crippen molar-refractivity contribution in [3.63, 3.8) is 0 Å². The monoisotopic (exact) mass is 339 g/mol. The highest BCUT2D eigenvalue weighted by Crippen LogP contribution is 2.18. The third kappa shape index (κ3) is 3.91. The molecule has 0 saturated carbocycles. The molecule has 128 valence electrons. The molecule has 1 aliphatic rings. The molecule has 0 aliphatic carbocycles. The van der Waals surface area contributed by atoms with Crippen LogP contribution >= 0.6 is 0 Å². The predicted molar refractivity (Wildman–Crippen MR) is 79.8 cm³/mol. The number of halogens is 3. The van der Waals surface area contributed by atoms with E-state index in [0.29, 0.717) is 18.7 Å². The number of hydrogen-bond donors (Lipinski definition) is 0. The zero-order valence-electron chi connectivity index (χ0n) is 12.8. The maximum Gasteiger partial charge on any atom is 0.401 e. The number of hydrogen-bond acceptors (Lipinski definition) is 4. The standard InChI is InChI=1S/C15H16F3N5O/c16-15(17,18)9-21-5-7-22(8-6-21)14(24)12-1-3-13(4-2-12)23-10-19-20-11-23/h1-4,10-11H,5-9H2. The second kappa shape index (κ2) is 6.60. The summed E-state index contributed by atoms with van der Waals surface area (Å²) in [7, 11) is 0. The molecule has 0 radical (unpaired) electrons. The van der Waals surface area contributed by atoms with Crippen LogP contribution in [0.3, 0.4) is 0 Å². The van der Waals surface area contributed by atoms with Crippen LogP contribution in [0.15, 0.2) is 36.9 Å². The van der Waals surface area contributed by atoms with Crippen molar-refractivity contribution in [2.75, 3.05) is 32.7 Å². The lowest BCUT2D eigenvalue weighted by Gasteiger charge is -2.35. The van der Waals surface area contributed by atoms with Crippen LogP contribution in [0, 0.1) is 0 Å². The molecule has 2 aromatic rings. The number of carbonyl (C=O) groups is 1. The summed E-state index contributed by atoms with van der Waals surface area (Å²) < 4.78 is 38.9. The second-order valence-corrected chi connectivity index (χ2v) is 5.60. The molecule has 0 N–H and O–H groups in total. The Morgan fingerprint density at radius 3 is 2.12 bits per heavy atom. The van der Waals surface area contributed by atoms with E-state index in [1.807, 2.05) is 0 Å². The molecule has 6 nitrogen and oxygen atoms in total. The molecular formula is C15H16F3N5O. The maximum atomic E-state index is 12.4. The zero-order chi connectivity index (χ0) is 17.2. The van der Waals surface area contributed by atoms with Gasteiger partial charge in [-0.05, 0) is 24.3 Å². The van der Waals surface area contributed by atoms with Gasteiger partial charge in [0, 0.05) is 37.4 Å². The second-order valence-electron chi connectivity index (χ2n) is 5.60. The van der Waals surface area contributed by atoms with Gasteiger partial charge in [-0.15, -0.1) is 10.2 Å². The first-order chi connectivity index (χ1) is 11.4. The minimum absolute atomic E-state index is 0.169. The van der Waals surface area contributed by atoms with Gasteiger partial charge in [-0.3, -0.25) is 14.3 Å². The third-order valence-corrected chi connectivity index (χ3v) is 3.89. The molecule has 1 fully saturated rings. The highest BCUT2D eigenvalue weighted by atomic mass is 19.4. The van der Waals surface area contributed by atoms with E-state index < -0.39 is 12.7 Å². The van der Waals surface area contributed by atoms with Crippen molar-refractivity contribution < 1.29 is 18.0 Å². The van der Waals surface area contributed by atoms with Crippen molar-refractivity contribution in [2.24, 2.45) is 0 Å². The summed E-state index contributed by atoms with van der Waals surface area (Å²) in [5.41, 5.74) is 1.34. The van der Waals surface area contributed by atoms with Crippen LogP contribution in [0.5, 0.6) is 0 Å². The van der Waals surface area contributed by atoms with E-state index in [4.69, 9.17) is 0 Å². The Labute approximate surface area is 136 Å². The number of alkyl halides is 3. The normalized spacial score (nSPS) is 16.4. The van der Waals surface area contributed by atoms with E-state index in [9.17, 15) is 18.0 Å². The molecule has 1 aromatic carbocycles. The molecule has 0 bridgehead atoms. The van der Waals surface area contributed by atoms with Gasteiger partial charge in [0.1, 0.15) is 12.7 Å². The van der Waals surface area contributed by atoms with E-state index in [2.05, 4.69) is 10.2 Å². The average molecular weight is 339 g/mol. The Hall–Kier alpha value is -2.42. The molecule has 1 amide bonds. The molecule has 0 spiro atoms. The quantitative estimate of drug-likeness (QED) is 0.852. The topological polar surface area (TPSA) is 54.3 Å². The summed E-state index contributed by atoms with van der Waals surface area (Å²) in [6.07, 6.45) is -1.10. The first-order valence-electron chi connectivity index (χ1n) is 7.46. The van der Waals surface area contributed by atoms with E-state index in [1.54, 1.807) is 46.4 Å². The van der Waals surface area contributed by atoms with Gasteiger partial charge in [0.25, 0.3) is 5.91 Å². The molecule has 24 heavy (non-hydrogen) atoms. The predicted octanol–water partition coefficient (Wildman–Crippen LogP) is 1.59. The summed E-state index contributed by atoms with van der Waals surface area (Å²) in [5.74, 6) is -0.169. The number of carbonyl (C=O) groups excluding carboxylic acids is 1. The van der Waals surface area contributed by atoms with Crippen molar-refractivity contribution in [2.45, 2.75) is 6.18 Å². The molecule has 2 heterocycles. The highest BCUT2D eigenvalue weighted by molar-refractivity contribution is 5.94. The summed E-state index contributed by atoms with van der Waals surface area (Å²) in [6, 6.07) is 6.94. The van der Waals surface area contributed by atoms with Gasteiger partial charge < -0.3 is 4.90 Å². The lowest BCUT2D eigenvalue weighted by atomic mass is 10.1. The van der Waals surface area contributed by atoms with Crippen LogP contribution in [-0.4, -0.2) is 69.4 Å². The zero-order valence-corrected chi connectivity index (χ0v) is 12.8. The number of piperazine rings is 1. The summed E-state index contributed by atoms with van der Waals surface area (Å²) in [5, 5.41) is 7.43. The Kier molecular flexibility index (Phi) is 4.52. The van der Waals surface area contributed by atoms with E-state index in [-0.39, 0.29) is 19.0 Å². The molecule has 0 unspecified atom stereocenters. The third-order valence-electron chi connectivity index (χ3n) is 3.89. The first-order valence-corrected chi connectivity index (χ1v) is 7.46. The number of nitrogens with zero attached hydrogens (tertiary/aromatic N) is 5. The van der Waals surface area contributed by atoms with Crippen molar-refractivity contribution in [1.29, 1.82) is 0 Å². The number of rotatable bonds is 3. The summed E-state index contributed by atoms with van der Waals surface area (Å²) in [4.78, 5) is 15.3. The van der Waals surface area contributed by atoms with Crippen molar-refractivity contribution in [3.05, 3.63) is 42.5 Å². The fourth-order valence-corrected chi connectivity index (χ4v) is 2.66. The van der Waals surface area contributed by atoms with Gasteiger partial charge in [-0.1, -0.05) is 0 Å². The lowest BCUT2D eigenvalue weighted by molar-refractivity contribution is -0.148. The average Bonchev–Trinajstić information content (AvgIpc) is 3.08. The number of benzene rings is 1. The van der Waals surface area contributed by atoms with Crippen LogP contribution in [0.2, 0.25) is 0 Å². The van der Waals surface area contributed by atoms with Gasteiger partial charge >= 0.3 is 6.18 Å². The first kappa shape index (κ1) is 16.4. The fourth-order valence-electron chi connectivity index (χ4n) is 2.66. The van der Waals surface area contributed by atoms with Gasteiger partial charge in [0.15, 0.2) is 0 Å². The van der Waals surface area contributed by atoms with Crippen LogP contribution in [-0.2, 0) is 0 Å². The van der Waals surface area contributed by atoms with Crippen LogP contribution < -0.4 is 0 Å². The van der Waals surface area contributed by atoms with Crippen molar-refractivity contribution >= 4 is 5.91 Å². The summed E-state index contributed by atoms with van der Waals surface area (Å²) in [6.45, 7) is 0.112. The van der Waals surface area contributed by atoms with Gasteiger partial charge in [0.05, 0.1) is 6.54 Å². The molecule has 1 aromatic heterocycles. The molecule has 1 aliphatic heterocycles. The SMILES string of the molecule is O=C(c1ccc(-n2cnnc2)cc1)N1CCN(CC(F)(F)F)CC1. The van der Waals surface area contributed by atoms with Crippen molar-refractivity contribution in [3.8, 4) is 5.69 Å².